The number of rotatable bonds is 4. The monoisotopic (exact) mass is 310 g/mol. The van der Waals surface area contributed by atoms with Gasteiger partial charge in [-0.05, 0) is 49.3 Å². The van der Waals surface area contributed by atoms with E-state index in [4.69, 9.17) is 10.00 Å². The third-order valence-electron chi connectivity index (χ3n) is 6.29. The molecule has 3 fully saturated rings. The second-order valence-corrected chi connectivity index (χ2v) is 7.67. The number of nitrogens with zero attached hydrogens (tertiary/aromatic N) is 2. The second kappa shape index (κ2) is 5.92. The predicted molar refractivity (Wildman–Crippen MR) is 89.8 cm³/mol. The maximum atomic E-state index is 9.06. The van der Waals surface area contributed by atoms with Crippen LogP contribution >= 0.6 is 0 Å². The maximum Gasteiger partial charge on any atom is 0.101 e. The first-order valence-electron chi connectivity index (χ1n) is 9.04. The van der Waals surface area contributed by atoms with E-state index in [-0.39, 0.29) is 5.60 Å². The van der Waals surface area contributed by atoms with Crippen LogP contribution in [0.5, 0.6) is 0 Å². The molecule has 1 aromatic rings. The minimum atomic E-state index is -0.147. The number of piperidine rings is 1. The molecular weight excluding hydrogens is 284 g/mol. The standard InChI is InChI=1S/C20H26N2O/c1-23-20(17-9-7-15(11-21)8-10-17)18-3-2-4-19(20)14-22(13-18)12-16-5-6-16/h7-10,16,18-19H,2-6,12-14H2,1H3/t18-,19+,20?. The van der Waals surface area contributed by atoms with E-state index in [2.05, 4.69) is 23.1 Å². The lowest BCUT2D eigenvalue weighted by Gasteiger charge is -2.55. The number of hydrogen-bond acceptors (Lipinski definition) is 3. The predicted octanol–water partition coefficient (Wildman–Crippen LogP) is 3.54. The van der Waals surface area contributed by atoms with Gasteiger partial charge in [-0.1, -0.05) is 18.6 Å². The molecule has 23 heavy (non-hydrogen) atoms. The molecular formula is C20H26N2O. The lowest BCUT2D eigenvalue weighted by molar-refractivity contribution is -0.169. The molecule has 2 saturated carbocycles. The van der Waals surface area contributed by atoms with Crippen LogP contribution in [-0.2, 0) is 10.3 Å². The molecule has 1 saturated heterocycles. The van der Waals surface area contributed by atoms with Gasteiger partial charge < -0.3 is 9.64 Å². The van der Waals surface area contributed by atoms with Gasteiger partial charge in [0.2, 0.25) is 0 Å². The highest BCUT2D eigenvalue weighted by Gasteiger charge is 2.53. The van der Waals surface area contributed by atoms with Crippen LogP contribution in [0.3, 0.4) is 0 Å². The van der Waals surface area contributed by atoms with Gasteiger partial charge in [0.1, 0.15) is 5.60 Å². The molecule has 1 aliphatic heterocycles. The van der Waals surface area contributed by atoms with Crippen molar-refractivity contribution in [3.8, 4) is 6.07 Å². The second-order valence-electron chi connectivity index (χ2n) is 7.67. The van der Waals surface area contributed by atoms with E-state index in [1.54, 1.807) is 0 Å². The van der Waals surface area contributed by atoms with Gasteiger partial charge in [0, 0.05) is 38.6 Å². The van der Waals surface area contributed by atoms with Crippen LogP contribution in [0.25, 0.3) is 0 Å². The molecule has 0 N–H and O–H groups in total. The fourth-order valence-electron chi connectivity index (χ4n) is 5.07. The van der Waals surface area contributed by atoms with E-state index in [1.807, 2.05) is 19.2 Å². The summed E-state index contributed by atoms with van der Waals surface area (Å²) in [6.07, 6.45) is 6.69. The summed E-state index contributed by atoms with van der Waals surface area (Å²) in [7, 11) is 1.89. The molecule has 0 spiro atoms. The van der Waals surface area contributed by atoms with Crippen molar-refractivity contribution in [2.45, 2.75) is 37.7 Å². The molecule has 4 rings (SSSR count). The van der Waals surface area contributed by atoms with Crippen molar-refractivity contribution in [1.82, 2.24) is 4.90 Å². The molecule has 1 aromatic carbocycles. The largest absolute Gasteiger partial charge is 0.373 e. The summed E-state index contributed by atoms with van der Waals surface area (Å²) in [5.41, 5.74) is 1.86. The van der Waals surface area contributed by atoms with Crippen molar-refractivity contribution in [1.29, 1.82) is 5.26 Å². The molecule has 3 heteroatoms. The smallest absolute Gasteiger partial charge is 0.101 e. The van der Waals surface area contributed by atoms with Gasteiger partial charge in [0.15, 0.2) is 0 Å². The van der Waals surface area contributed by atoms with Gasteiger partial charge in [0.25, 0.3) is 0 Å². The Labute approximate surface area is 139 Å². The van der Waals surface area contributed by atoms with Gasteiger partial charge in [-0.15, -0.1) is 0 Å². The van der Waals surface area contributed by atoms with Crippen molar-refractivity contribution >= 4 is 0 Å². The fourth-order valence-corrected chi connectivity index (χ4v) is 5.07. The summed E-state index contributed by atoms with van der Waals surface area (Å²) >= 11 is 0. The number of likely N-dealkylation sites (tertiary alicyclic amines) is 1. The van der Waals surface area contributed by atoms with Gasteiger partial charge >= 0.3 is 0 Å². The summed E-state index contributed by atoms with van der Waals surface area (Å²) in [6.45, 7) is 3.63. The lowest BCUT2D eigenvalue weighted by atomic mass is 9.62. The number of benzene rings is 1. The summed E-state index contributed by atoms with van der Waals surface area (Å²) < 4.78 is 6.26. The highest BCUT2D eigenvalue weighted by molar-refractivity contribution is 5.36. The number of nitriles is 1. The Kier molecular flexibility index (Phi) is 3.91. The van der Waals surface area contributed by atoms with Crippen molar-refractivity contribution in [2.24, 2.45) is 17.8 Å². The minimum absolute atomic E-state index is 0.147. The van der Waals surface area contributed by atoms with Crippen LogP contribution in [0.1, 0.15) is 43.2 Å². The first kappa shape index (κ1) is 15.2. The third-order valence-corrected chi connectivity index (χ3v) is 6.29. The minimum Gasteiger partial charge on any atom is -0.373 e. The Morgan fingerprint density at radius 3 is 2.30 bits per heavy atom. The van der Waals surface area contributed by atoms with Crippen LogP contribution in [0, 0.1) is 29.1 Å². The van der Waals surface area contributed by atoms with E-state index in [9.17, 15) is 0 Å². The Balaban J connectivity index is 1.64. The Bertz CT molecular complexity index is 585. The molecule has 2 aliphatic carbocycles. The molecule has 0 aromatic heterocycles. The van der Waals surface area contributed by atoms with Crippen LogP contribution in [0.2, 0.25) is 0 Å². The zero-order chi connectivity index (χ0) is 15.9. The fraction of sp³-hybridized carbons (Fsp3) is 0.650. The van der Waals surface area contributed by atoms with E-state index >= 15 is 0 Å². The highest BCUT2D eigenvalue weighted by atomic mass is 16.5. The number of fused-ring (bicyclic) bond motifs is 2. The molecule has 1 unspecified atom stereocenters. The highest BCUT2D eigenvalue weighted by Crippen LogP contribution is 2.51. The van der Waals surface area contributed by atoms with Crippen LogP contribution in [-0.4, -0.2) is 31.6 Å². The Morgan fingerprint density at radius 1 is 1.13 bits per heavy atom. The van der Waals surface area contributed by atoms with Gasteiger partial charge in [0.05, 0.1) is 11.6 Å². The van der Waals surface area contributed by atoms with Gasteiger partial charge in [-0.2, -0.15) is 5.26 Å². The van der Waals surface area contributed by atoms with Crippen molar-refractivity contribution in [3.63, 3.8) is 0 Å². The molecule has 0 radical (unpaired) electrons. The van der Waals surface area contributed by atoms with E-state index in [0.29, 0.717) is 11.8 Å². The summed E-state index contributed by atoms with van der Waals surface area (Å²) in [6, 6.07) is 10.4. The maximum absolute atomic E-state index is 9.06. The summed E-state index contributed by atoms with van der Waals surface area (Å²) in [5.74, 6) is 2.11. The average molecular weight is 310 g/mol. The first-order chi connectivity index (χ1) is 11.3. The number of ether oxygens (including phenoxy) is 1. The molecule has 3 nitrogen and oxygen atoms in total. The average Bonchev–Trinajstić information content (AvgIpc) is 3.38. The van der Waals surface area contributed by atoms with E-state index in [0.717, 1.165) is 11.5 Å². The molecule has 2 bridgehead atoms. The lowest BCUT2D eigenvalue weighted by Crippen LogP contribution is -2.59. The Hall–Kier alpha value is -1.37. The topological polar surface area (TPSA) is 36.3 Å². The van der Waals surface area contributed by atoms with Crippen molar-refractivity contribution < 1.29 is 4.74 Å². The van der Waals surface area contributed by atoms with Crippen molar-refractivity contribution in [3.05, 3.63) is 35.4 Å². The van der Waals surface area contributed by atoms with E-state index < -0.39 is 0 Å². The van der Waals surface area contributed by atoms with Crippen molar-refractivity contribution in [2.75, 3.05) is 26.7 Å². The normalized spacial score (nSPS) is 34.1. The van der Waals surface area contributed by atoms with Gasteiger partial charge in [-0.3, -0.25) is 0 Å². The molecule has 3 aliphatic rings. The van der Waals surface area contributed by atoms with Crippen LogP contribution in [0.4, 0.5) is 0 Å². The quantitative estimate of drug-likeness (QED) is 0.853. The zero-order valence-corrected chi connectivity index (χ0v) is 14.0. The van der Waals surface area contributed by atoms with Crippen LogP contribution in [0.15, 0.2) is 24.3 Å². The summed E-state index contributed by atoms with van der Waals surface area (Å²) in [5, 5.41) is 9.06. The van der Waals surface area contributed by atoms with E-state index in [1.165, 1.54) is 57.3 Å². The summed E-state index contributed by atoms with van der Waals surface area (Å²) in [4.78, 5) is 2.70. The van der Waals surface area contributed by atoms with Gasteiger partial charge in [-0.25, -0.2) is 0 Å². The van der Waals surface area contributed by atoms with Crippen LogP contribution < -0.4 is 0 Å². The molecule has 3 atom stereocenters. The molecule has 0 amide bonds. The first-order valence-corrected chi connectivity index (χ1v) is 9.04. The third kappa shape index (κ3) is 2.58. The number of hydrogen-bond donors (Lipinski definition) is 0. The molecule has 122 valence electrons. The number of methoxy groups -OCH3 is 1. The SMILES string of the molecule is COC1(c2ccc(C#N)cc2)[C@@H]2CCC[C@H]1CN(CC1CC1)C2. The molecule has 1 heterocycles. The Morgan fingerprint density at radius 2 is 1.78 bits per heavy atom. The zero-order valence-electron chi connectivity index (χ0n) is 14.0.